The summed E-state index contributed by atoms with van der Waals surface area (Å²) in [5.41, 5.74) is 1.61. The summed E-state index contributed by atoms with van der Waals surface area (Å²) in [6.07, 6.45) is 4.86. The van der Waals surface area contributed by atoms with Gasteiger partial charge < -0.3 is 14.8 Å². The van der Waals surface area contributed by atoms with Gasteiger partial charge in [0, 0.05) is 29.7 Å². The highest BCUT2D eigenvalue weighted by Crippen LogP contribution is 2.23. The third kappa shape index (κ3) is 3.68. The first kappa shape index (κ1) is 17.6. The first-order valence-electron chi connectivity index (χ1n) is 9.13. The Balaban J connectivity index is 1.65. The molecule has 2 aromatic heterocycles. The molecule has 1 saturated heterocycles. The van der Waals surface area contributed by atoms with E-state index in [4.69, 9.17) is 0 Å². The Morgan fingerprint density at radius 2 is 2.11 bits per heavy atom. The molecule has 0 aliphatic carbocycles. The molecule has 1 aromatic carbocycles. The highest BCUT2D eigenvalue weighted by Gasteiger charge is 2.29. The number of nitrogens with zero attached hydrogens (tertiary/aromatic N) is 4. The number of carbonyl (C=O) groups excluding carboxylic acids is 1. The number of hydrogen-bond acceptors (Lipinski definition) is 4. The number of halogens is 1. The zero-order valence-electron chi connectivity index (χ0n) is 15.2. The fraction of sp³-hybridized carbons (Fsp3) is 0.350. The minimum absolute atomic E-state index is 0.0748. The molecule has 140 valence electrons. The Morgan fingerprint density at radius 1 is 1.33 bits per heavy atom. The third-order valence-electron chi connectivity index (χ3n) is 5.21. The van der Waals surface area contributed by atoms with Crippen molar-refractivity contribution < 1.29 is 9.18 Å². The summed E-state index contributed by atoms with van der Waals surface area (Å²) >= 11 is 0. The van der Waals surface area contributed by atoms with E-state index in [0.29, 0.717) is 16.9 Å². The Kier molecular flexibility index (Phi) is 4.85. The lowest BCUT2D eigenvalue weighted by molar-refractivity contribution is 0.0562. The molecule has 1 aliphatic rings. The monoisotopic (exact) mass is 367 g/mol. The standard InChI is InChI=1S/C20H22FN5O/c1-25-8-6-16(7-9-25)26(12-14-4-2-3-5-17(14)21)20(27)18-10-15-11-22-13-23-19(15)24-18/h2-5,10-11,13,16H,6-9,12H2,1H3,(H,22,23,24). The van der Waals surface area contributed by atoms with Gasteiger partial charge in [0.25, 0.3) is 5.91 Å². The maximum absolute atomic E-state index is 14.2. The van der Waals surface area contributed by atoms with Gasteiger partial charge in [0.15, 0.2) is 0 Å². The Hall–Kier alpha value is -2.80. The Labute approximate surface area is 157 Å². The summed E-state index contributed by atoms with van der Waals surface area (Å²) in [5.74, 6) is -0.420. The fourth-order valence-corrected chi connectivity index (χ4v) is 3.62. The summed E-state index contributed by atoms with van der Waals surface area (Å²) in [7, 11) is 2.08. The van der Waals surface area contributed by atoms with Crippen molar-refractivity contribution in [2.75, 3.05) is 20.1 Å². The lowest BCUT2D eigenvalue weighted by Crippen LogP contribution is -2.46. The number of fused-ring (bicyclic) bond motifs is 1. The molecule has 3 heterocycles. The number of rotatable bonds is 4. The number of piperidine rings is 1. The van der Waals surface area contributed by atoms with E-state index < -0.39 is 0 Å². The number of nitrogens with one attached hydrogen (secondary N) is 1. The predicted octanol–water partition coefficient (Wildman–Crippen LogP) is 2.83. The van der Waals surface area contributed by atoms with E-state index in [9.17, 15) is 9.18 Å². The van der Waals surface area contributed by atoms with Crippen molar-refractivity contribution in [1.82, 2.24) is 24.8 Å². The van der Waals surface area contributed by atoms with Gasteiger partial charge in [-0.2, -0.15) is 0 Å². The van der Waals surface area contributed by atoms with Gasteiger partial charge in [-0.3, -0.25) is 4.79 Å². The van der Waals surface area contributed by atoms with Crippen LogP contribution >= 0.6 is 0 Å². The van der Waals surface area contributed by atoms with Crippen LogP contribution in [0.1, 0.15) is 28.9 Å². The maximum atomic E-state index is 14.2. The molecule has 0 atom stereocenters. The van der Waals surface area contributed by atoms with E-state index in [0.717, 1.165) is 31.3 Å². The lowest BCUT2D eigenvalue weighted by atomic mass is 10.0. The second-order valence-corrected chi connectivity index (χ2v) is 7.07. The third-order valence-corrected chi connectivity index (χ3v) is 5.21. The average Bonchev–Trinajstić information content (AvgIpc) is 3.12. The van der Waals surface area contributed by atoms with Crippen molar-refractivity contribution in [3.63, 3.8) is 0 Å². The Morgan fingerprint density at radius 3 is 2.85 bits per heavy atom. The lowest BCUT2D eigenvalue weighted by Gasteiger charge is -2.37. The maximum Gasteiger partial charge on any atom is 0.270 e. The molecule has 0 radical (unpaired) electrons. The molecule has 0 saturated carbocycles. The van der Waals surface area contributed by atoms with Crippen LogP contribution < -0.4 is 0 Å². The number of hydrogen-bond donors (Lipinski definition) is 1. The van der Waals surface area contributed by atoms with Crippen LogP contribution in [0.2, 0.25) is 0 Å². The topological polar surface area (TPSA) is 65.1 Å². The molecule has 1 fully saturated rings. The number of benzene rings is 1. The van der Waals surface area contributed by atoms with Gasteiger partial charge in [-0.05, 0) is 45.1 Å². The normalized spacial score (nSPS) is 15.9. The van der Waals surface area contributed by atoms with Gasteiger partial charge >= 0.3 is 0 Å². The second-order valence-electron chi connectivity index (χ2n) is 7.07. The van der Waals surface area contributed by atoms with E-state index in [1.54, 1.807) is 35.4 Å². The number of aromatic nitrogens is 3. The van der Waals surface area contributed by atoms with Crippen LogP contribution in [-0.2, 0) is 6.54 Å². The second kappa shape index (κ2) is 7.44. The summed E-state index contributed by atoms with van der Waals surface area (Å²) in [4.78, 5) is 28.6. The zero-order valence-corrected chi connectivity index (χ0v) is 15.2. The largest absolute Gasteiger partial charge is 0.335 e. The molecule has 0 bridgehead atoms. The van der Waals surface area contributed by atoms with Crippen LogP contribution in [0.5, 0.6) is 0 Å². The molecule has 3 aromatic rings. The van der Waals surface area contributed by atoms with Crippen LogP contribution in [0.15, 0.2) is 42.9 Å². The zero-order chi connectivity index (χ0) is 18.8. The van der Waals surface area contributed by atoms with Crippen LogP contribution in [0.4, 0.5) is 4.39 Å². The predicted molar refractivity (Wildman–Crippen MR) is 101 cm³/mol. The molecular formula is C20H22FN5O. The van der Waals surface area contributed by atoms with Gasteiger partial charge in [-0.15, -0.1) is 0 Å². The van der Waals surface area contributed by atoms with Crippen molar-refractivity contribution in [3.8, 4) is 0 Å². The van der Waals surface area contributed by atoms with Crippen molar-refractivity contribution in [2.24, 2.45) is 0 Å². The first-order valence-corrected chi connectivity index (χ1v) is 9.13. The van der Waals surface area contributed by atoms with Crippen molar-refractivity contribution in [3.05, 3.63) is 59.9 Å². The van der Waals surface area contributed by atoms with Crippen LogP contribution in [0.25, 0.3) is 11.0 Å². The average molecular weight is 367 g/mol. The highest BCUT2D eigenvalue weighted by atomic mass is 19.1. The fourth-order valence-electron chi connectivity index (χ4n) is 3.62. The quantitative estimate of drug-likeness (QED) is 0.770. The number of aromatic amines is 1. The number of amides is 1. The number of H-pyrrole nitrogens is 1. The van der Waals surface area contributed by atoms with Crippen molar-refractivity contribution in [1.29, 1.82) is 0 Å². The minimum Gasteiger partial charge on any atom is -0.335 e. The highest BCUT2D eigenvalue weighted by molar-refractivity contribution is 5.97. The molecule has 6 nitrogen and oxygen atoms in total. The van der Waals surface area contributed by atoms with E-state index in [2.05, 4.69) is 26.9 Å². The molecule has 0 unspecified atom stereocenters. The SMILES string of the molecule is CN1CCC(N(Cc2ccccc2F)C(=O)c2cc3cncnc3[nH]2)CC1. The molecule has 1 aliphatic heterocycles. The van der Waals surface area contributed by atoms with Gasteiger partial charge in [-0.25, -0.2) is 14.4 Å². The summed E-state index contributed by atoms with van der Waals surface area (Å²) < 4.78 is 14.2. The molecule has 7 heteroatoms. The van der Waals surface area contributed by atoms with Crippen LogP contribution in [-0.4, -0.2) is 56.8 Å². The summed E-state index contributed by atoms with van der Waals surface area (Å²) in [6, 6.07) is 8.48. The van der Waals surface area contributed by atoms with E-state index >= 15 is 0 Å². The molecule has 1 amide bonds. The van der Waals surface area contributed by atoms with Crippen LogP contribution in [0.3, 0.4) is 0 Å². The molecule has 1 N–H and O–H groups in total. The van der Waals surface area contributed by atoms with E-state index in [1.807, 2.05) is 0 Å². The van der Waals surface area contributed by atoms with Crippen LogP contribution in [0, 0.1) is 5.82 Å². The van der Waals surface area contributed by atoms with E-state index in [1.165, 1.54) is 12.4 Å². The molecule has 4 rings (SSSR count). The summed E-state index contributed by atoms with van der Waals surface area (Å²) in [6.45, 7) is 2.09. The molecule has 0 spiro atoms. The van der Waals surface area contributed by atoms with Gasteiger partial charge in [0.1, 0.15) is 23.5 Å². The van der Waals surface area contributed by atoms with Crippen molar-refractivity contribution in [2.45, 2.75) is 25.4 Å². The smallest absolute Gasteiger partial charge is 0.270 e. The summed E-state index contributed by atoms with van der Waals surface area (Å²) in [5, 5.41) is 0.787. The van der Waals surface area contributed by atoms with Gasteiger partial charge in [-0.1, -0.05) is 18.2 Å². The van der Waals surface area contributed by atoms with Crippen molar-refractivity contribution >= 4 is 16.9 Å². The molecular weight excluding hydrogens is 345 g/mol. The number of carbonyl (C=O) groups is 1. The van der Waals surface area contributed by atoms with E-state index in [-0.39, 0.29) is 24.3 Å². The number of likely N-dealkylation sites (tertiary alicyclic amines) is 1. The van der Waals surface area contributed by atoms with Gasteiger partial charge in [0.05, 0.1) is 0 Å². The Bertz CT molecular complexity index is 915. The molecule has 27 heavy (non-hydrogen) atoms. The van der Waals surface area contributed by atoms with Gasteiger partial charge in [0.2, 0.25) is 0 Å². The first-order chi connectivity index (χ1) is 13.1. The minimum atomic E-state index is -0.286.